The fourth-order valence-corrected chi connectivity index (χ4v) is 8.65. The average Bonchev–Trinajstić information content (AvgIpc) is 2.63. The third kappa shape index (κ3) is 2.85. The van der Waals surface area contributed by atoms with Crippen LogP contribution in [0.4, 0.5) is 0 Å². The molecule has 2 rings (SSSR count). The second-order valence-corrected chi connectivity index (χ2v) is 15.4. The van der Waals surface area contributed by atoms with Gasteiger partial charge in [-0.05, 0) is 0 Å². The topological polar surface area (TPSA) is 0 Å². The van der Waals surface area contributed by atoms with Crippen molar-refractivity contribution in [3.63, 3.8) is 0 Å². The predicted molar refractivity (Wildman–Crippen MR) is 80.0 cm³/mol. The molecule has 0 fully saturated rings. The van der Waals surface area contributed by atoms with Gasteiger partial charge in [0.2, 0.25) is 0 Å². The summed E-state index contributed by atoms with van der Waals surface area (Å²) < 4.78 is 1.67. The molecule has 0 saturated carbocycles. The molecule has 1 aromatic carbocycles. The van der Waals surface area contributed by atoms with Gasteiger partial charge in [-0.2, -0.15) is 0 Å². The van der Waals surface area contributed by atoms with Crippen molar-refractivity contribution in [3.05, 3.63) is 63.6 Å². The minimum absolute atomic E-state index is 0.0701. The van der Waals surface area contributed by atoms with E-state index in [2.05, 4.69) is 63.0 Å². The van der Waals surface area contributed by atoms with E-state index in [0.717, 1.165) is 0 Å². The van der Waals surface area contributed by atoms with E-state index in [1.54, 1.807) is 3.88 Å². The maximum absolute atomic E-state index is 3.90. The standard InChI is InChI=1S/C14H13.C2H7Si.Ti/c1-3-4-8-13-11(2)10-12-7-5-6-9-14(12)13;1-3-2;/h3-7,9-10,13H,1H2,2H3;3H,1-2H3;. The van der Waals surface area contributed by atoms with Gasteiger partial charge in [-0.25, -0.2) is 0 Å². The third-order valence-corrected chi connectivity index (χ3v) is 9.10. The fourth-order valence-electron chi connectivity index (χ4n) is 2.58. The van der Waals surface area contributed by atoms with E-state index in [0.29, 0.717) is 5.92 Å². The Labute approximate surface area is 120 Å². The summed E-state index contributed by atoms with van der Waals surface area (Å²) in [4.78, 5) is 0. The predicted octanol–water partition coefficient (Wildman–Crippen LogP) is 4.32. The van der Waals surface area contributed by atoms with Gasteiger partial charge in [0.15, 0.2) is 0 Å². The van der Waals surface area contributed by atoms with Crippen molar-refractivity contribution >= 4 is 12.7 Å². The molecule has 1 aliphatic rings. The van der Waals surface area contributed by atoms with Gasteiger partial charge in [-0.1, -0.05) is 0 Å². The van der Waals surface area contributed by atoms with E-state index in [1.165, 1.54) is 16.7 Å². The zero-order valence-electron chi connectivity index (χ0n) is 11.4. The second-order valence-electron chi connectivity index (χ2n) is 5.11. The van der Waals surface area contributed by atoms with Gasteiger partial charge in [0, 0.05) is 0 Å². The number of hydrogen-bond acceptors (Lipinski definition) is 0. The molecule has 0 spiro atoms. The van der Waals surface area contributed by atoms with Crippen molar-refractivity contribution in [3.8, 4) is 0 Å². The van der Waals surface area contributed by atoms with Crippen LogP contribution in [0, 0.1) is 0 Å². The molecule has 1 atom stereocenters. The molecule has 0 saturated heterocycles. The number of allylic oxidation sites excluding steroid dienone is 4. The molecule has 1 unspecified atom stereocenters. The molecule has 0 bridgehead atoms. The first-order valence-electron chi connectivity index (χ1n) is 6.49. The minimum atomic E-state index is -0.476. The average molecular weight is 288 g/mol. The summed E-state index contributed by atoms with van der Waals surface area (Å²) in [5.41, 5.74) is 4.41. The SMILES string of the molecule is C=CC=[C]([Ti][SiH](C)C)C1C(C)=Cc2ccccc21. The Hall–Kier alpha value is -0.629. The number of rotatable bonds is 4. The molecule has 0 nitrogen and oxygen atoms in total. The van der Waals surface area contributed by atoms with Crippen LogP contribution in [0.3, 0.4) is 0 Å². The summed E-state index contributed by atoms with van der Waals surface area (Å²) in [5, 5.41) is 0. The van der Waals surface area contributed by atoms with E-state index in [1.807, 2.05) is 6.08 Å². The Morgan fingerprint density at radius 3 is 2.72 bits per heavy atom. The fraction of sp³-hybridized carbons (Fsp3) is 0.250. The van der Waals surface area contributed by atoms with Crippen LogP contribution in [0.2, 0.25) is 13.1 Å². The molecule has 2 heteroatoms. The molecule has 0 N–H and O–H groups in total. The van der Waals surface area contributed by atoms with Crippen LogP contribution < -0.4 is 0 Å². The second kappa shape index (κ2) is 6.01. The van der Waals surface area contributed by atoms with Gasteiger partial charge in [-0.15, -0.1) is 0 Å². The number of hydrogen-bond donors (Lipinski definition) is 0. The summed E-state index contributed by atoms with van der Waals surface area (Å²) >= 11 is 0.0701. The van der Waals surface area contributed by atoms with E-state index < -0.39 is 6.66 Å². The summed E-state index contributed by atoms with van der Waals surface area (Å²) in [6.07, 6.45) is 6.62. The summed E-state index contributed by atoms with van der Waals surface area (Å²) in [5.74, 6) is 0.550. The third-order valence-electron chi connectivity index (χ3n) is 3.21. The van der Waals surface area contributed by atoms with E-state index in [4.69, 9.17) is 0 Å². The first kappa shape index (κ1) is 13.8. The van der Waals surface area contributed by atoms with Crippen molar-refractivity contribution in [1.29, 1.82) is 0 Å². The first-order chi connectivity index (χ1) is 8.63. The molecule has 1 aromatic rings. The maximum atomic E-state index is 3.90. The van der Waals surface area contributed by atoms with Crippen LogP contribution in [0.1, 0.15) is 24.0 Å². The molecule has 92 valence electrons. The van der Waals surface area contributed by atoms with Gasteiger partial charge >= 0.3 is 121 Å². The Morgan fingerprint density at radius 2 is 2.06 bits per heavy atom. The van der Waals surface area contributed by atoms with Crippen LogP contribution in [-0.2, 0) is 18.4 Å². The molecule has 0 radical (unpaired) electrons. The summed E-state index contributed by atoms with van der Waals surface area (Å²) in [6, 6.07) is 8.82. The van der Waals surface area contributed by atoms with E-state index in [9.17, 15) is 0 Å². The Kier molecular flexibility index (Phi) is 4.61. The van der Waals surface area contributed by atoms with Gasteiger partial charge < -0.3 is 0 Å². The molecular weight excluding hydrogens is 268 g/mol. The molecule has 0 amide bonds. The first-order valence-corrected chi connectivity index (χ1v) is 12.9. The van der Waals surface area contributed by atoms with Crippen LogP contribution in [-0.4, -0.2) is 6.66 Å². The van der Waals surface area contributed by atoms with Crippen LogP contribution in [0.15, 0.2) is 52.4 Å². The zero-order chi connectivity index (χ0) is 13.1. The number of fused-ring (bicyclic) bond motifs is 1. The van der Waals surface area contributed by atoms with Gasteiger partial charge in [-0.3, -0.25) is 0 Å². The van der Waals surface area contributed by atoms with Crippen molar-refractivity contribution in [1.82, 2.24) is 0 Å². The van der Waals surface area contributed by atoms with Crippen molar-refractivity contribution in [2.75, 3.05) is 0 Å². The normalized spacial score (nSPS) is 18.6. The number of benzene rings is 1. The molecule has 18 heavy (non-hydrogen) atoms. The van der Waals surface area contributed by atoms with Crippen LogP contribution in [0.5, 0.6) is 0 Å². The van der Waals surface area contributed by atoms with Crippen molar-refractivity contribution in [2.45, 2.75) is 25.9 Å². The molecule has 0 aromatic heterocycles. The van der Waals surface area contributed by atoms with E-state index >= 15 is 0 Å². The Balaban J connectivity index is 2.40. The van der Waals surface area contributed by atoms with Crippen molar-refractivity contribution < 1.29 is 18.4 Å². The Bertz CT molecular complexity index is 512. The van der Waals surface area contributed by atoms with E-state index in [-0.39, 0.29) is 18.4 Å². The Morgan fingerprint density at radius 1 is 1.33 bits per heavy atom. The van der Waals surface area contributed by atoms with Crippen LogP contribution >= 0.6 is 0 Å². The van der Waals surface area contributed by atoms with Crippen molar-refractivity contribution in [2.24, 2.45) is 0 Å². The molecular formula is C16H20SiTi. The van der Waals surface area contributed by atoms with Gasteiger partial charge in [0.25, 0.3) is 0 Å². The molecule has 0 aliphatic heterocycles. The van der Waals surface area contributed by atoms with Gasteiger partial charge in [0.1, 0.15) is 0 Å². The monoisotopic (exact) mass is 288 g/mol. The zero-order valence-corrected chi connectivity index (χ0v) is 14.1. The summed E-state index contributed by atoms with van der Waals surface area (Å²) in [6.45, 7) is 10.6. The molecule has 0 heterocycles. The van der Waals surface area contributed by atoms with Gasteiger partial charge in [0.05, 0.1) is 0 Å². The molecule has 1 aliphatic carbocycles. The van der Waals surface area contributed by atoms with Crippen LogP contribution in [0.25, 0.3) is 6.08 Å². The quantitative estimate of drug-likeness (QED) is 0.571. The summed E-state index contributed by atoms with van der Waals surface area (Å²) in [7, 11) is 0.